The first-order chi connectivity index (χ1) is 13.5. The number of hydrogen-bond acceptors (Lipinski definition) is 10. The summed E-state index contributed by atoms with van der Waals surface area (Å²) in [6.07, 6.45) is 1.15. The van der Waals surface area contributed by atoms with Gasteiger partial charge < -0.3 is 19.9 Å². The largest absolute Gasteiger partial charge is 0.462 e. The zero-order valence-corrected chi connectivity index (χ0v) is 15.0. The van der Waals surface area contributed by atoms with Gasteiger partial charge in [-0.05, 0) is 26.0 Å². The number of ether oxygens (including phenoxy) is 1. The molecule has 0 aliphatic carbocycles. The van der Waals surface area contributed by atoms with Gasteiger partial charge >= 0.3 is 11.7 Å². The minimum Gasteiger partial charge on any atom is -0.462 e. The van der Waals surface area contributed by atoms with Gasteiger partial charge in [0.2, 0.25) is 11.6 Å². The molecule has 11 heteroatoms. The van der Waals surface area contributed by atoms with Crippen molar-refractivity contribution in [3.63, 3.8) is 0 Å². The highest BCUT2D eigenvalue weighted by Crippen LogP contribution is 2.33. The summed E-state index contributed by atoms with van der Waals surface area (Å²) < 4.78 is 9.95. The maximum atomic E-state index is 12.1. The fourth-order valence-electron chi connectivity index (χ4n) is 2.39. The van der Waals surface area contributed by atoms with Crippen LogP contribution in [0.4, 0.5) is 28.8 Å². The van der Waals surface area contributed by atoms with Gasteiger partial charge in [0, 0.05) is 6.07 Å². The van der Waals surface area contributed by atoms with E-state index in [4.69, 9.17) is 9.26 Å². The summed E-state index contributed by atoms with van der Waals surface area (Å²) >= 11 is 0. The van der Waals surface area contributed by atoms with Gasteiger partial charge in [0.15, 0.2) is 5.82 Å². The second-order valence-corrected chi connectivity index (χ2v) is 5.52. The van der Waals surface area contributed by atoms with Crippen molar-refractivity contribution < 1.29 is 19.0 Å². The second-order valence-electron chi connectivity index (χ2n) is 5.52. The second kappa shape index (κ2) is 8.12. The molecule has 1 aromatic carbocycles. The van der Waals surface area contributed by atoms with Crippen molar-refractivity contribution in [1.29, 1.82) is 0 Å². The Hall–Kier alpha value is -4.02. The minimum atomic E-state index is -0.634. The Labute approximate surface area is 158 Å². The van der Waals surface area contributed by atoms with Crippen LogP contribution in [0.5, 0.6) is 0 Å². The SMILES string of the molecule is CCOC(=O)c1ccccc1Nc1ncnc(Nc2cc(C)on2)c1[N+](=O)[O-]. The summed E-state index contributed by atoms with van der Waals surface area (Å²) in [5.74, 6) is 0.0562. The van der Waals surface area contributed by atoms with E-state index in [0.29, 0.717) is 11.4 Å². The Bertz CT molecular complexity index is 1020. The van der Waals surface area contributed by atoms with E-state index < -0.39 is 16.6 Å². The van der Waals surface area contributed by atoms with E-state index in [0.717, 1.165) is 6.33 Å². The lowest BCUT2D eigenvalue weighted by molar-refractivity contribution is -0.383. The van der Waals surface area contributed by atoms with Gasteiger partial charge in [-0.1, -0.05) is 17.3 Å². The predicted octanol–water partition coefficient (Wildman–Crippen LogP) is 3.35. The van der Waals surface area contributed by atoms with Crippen LogP contribution in [0.2, 0.25) is 0 Å². The fourth-order valence-corrected chi connectivity index (χ4v) is 2.39. The Morgan fingerprint density at radius 2 is 1.96 bits per heavy atom. The Morgan fingerprint density at radius 3 is 2.61 bits per heavy atom. The molecule has 0 fully saturated rings. The van der Waals surface area contributed by atoms with Crippen LogP contribution in [-0.4, -0.2) is 32.6 Å². The minimum absolute atomic E-state index is 0.0792. The lowest BCUT2D eigenvalue weighted by Gasteiger charge is -2.12. The number of nitrogens with one attached hydrogen (secondary N) is 2. The van der Waals surface area contributed by atoms with Crippen LogP contribution < -0.4 is 10.6 Å². The summed E-state index contributed by atoms with van der Waals surface area (Å²) in [6, 6.07) is 8.03. The molecule has 0 aliphatic heterocycles. The van der Waals surface area contributed by atoms with E-state index in [1.54, 1.807) is 44.2 Å². The third-order valence-corrected chi connectivity index (χ3v) is 3.55. The first-order valence-corrected chi connectivity index (χ1v) is 8.22. The Morgan fingerprint density at radius 1 is 1.25 bits per heavy atom. The van der Waals surface area contributed by atoms with E-state index in [9.17, 15) is 14.9 Å². The number of hydrogen-bond donors (Lipinski definition) is 2. The fraction of sp³-hybridized carbons (Fsp3) is 0.176. The molecule has 0 amide bonds. The highest BCUT2D eigenvalue weighted by Gasteiger charge is 2.25. The number of nitro groups is 1. The number of nitrogens with zero attached hydrogens (tertiary/aromatic N) is 4. The topological polar surface area (TPSA) is 145 Å². The lowest BCUT2D eigenvalue weighted by atomic mass is 10.2. The Balaban J connectivity index is 1.98. The average Bonchev–Trinajstić information content (AvgIpc) is 3.07. The third kappa shape index (κ3) is 4.03. The molecule has 2 N–H and O–H groups in total. The van der Waals surface area contributed by atoms with Gasteiger partial charge in [-0.25, -0.2) is 14.8 Å². The van der Waals surface area contributed by atoms with E-state index in [1.807, 2.05) is 0 Å². The smallest absolute Gasteiger partial charge is 0.353 e. The standard InChI is InChI=1S/C17H16N6O5/c1-3-27-17(24)11-6-4-5-7-12(11)20-15-14(23(25)26)16(19-9-18-15)21-13-8-10(2)28-22-13/h4-9H,3H2,1-2H3,(H2,18,19,20,21,22). The van der Waals surface area contributed by atoms with Crippen LogP contribution in [0.15, 0.2) is 41.2 Å². The zero-order valence-electron chi connectivity index (χ0n) is 15.0. The van der Waals surface area contributed by atoms with Crippen molar-refractivity contribution >= 4 is 34.8 Å². The number of esters is 1. The number of carbonyl (C=O) groups excluding carboxylic acids is 1. The van der Waals surface area contributed by atoms with Crippen LogP contribution in [0, 0.1) is 17.0 Å². The molecule has 3 rings (SSSR count). The first-order valence-electron chi connectivity index (χ1n) is 8.22. The zero-order chi connectivity index (χ0) is 20.1. The number of anilines is 4. The van der Waals surface area contributed by atoms with Crippen molar-refractivity contribution in [2.45, 2.75) is 13.8 Å². The van der Waals surface area contributed by atoms with E-state index >= 15 is 0 Å². The summed E-state index contributed by atoms with van der Waals surface area (Å²) in [6.45, 7) is 3.57. The molecule has 0 atom stereocenters. The predicted molar refractivity (Wildman–Crippen MR) is 98.9 cm³/mol. The van der Waals surface area contributed by atoms with Gasteiger partial charge in [-0.2, -0.15) is 0 Å². The van der Waals surface area contributed by atoms with Crippen molar-refractivity contribution in [3.05, 3.63) is 58.1 Å². The molecule has 28 heavy (non-hydrogen) atoms. The van der Waals surface area contributed by atoms with E-state index in [-0.39, 0.29) is 29.6 Å². The maximum Gasteiger partial charge on any atom is 0.353 e. The number of aromatic nitrogens is 3. The summed E-state index contributed by atoms with van der Waals surface area (Å²) in [4.78, 5) is 31.0. The van der Waals surface area contributed by atoms with Crippen LogP contribution in [-0.2, 0) is 4.74 Å². The number of benzene rings is 1. The molecule has 0 saturated carbocycles. The van der Waals surface area contributed by atoms with Gasteiger partial charge in [0.05, 0.1) is 22.8 Å². The van der Waals surface area contributed by atoms with Crippen LogP contribution >= 0.6 is 0 Å². The molecule has 0 unspecified atom stereocenters. The molecule has 0 bridgehead atoms. The third-order valence-electron chi connectivity index (χ3n) is 3.55. The number of aryl methyl sites for hydroxylation is 1. The van der Waals surface area contributed by atoms with Crippen LogP contribution in [0.1, 0.15) is 23.0 Å². The molecule has 144 valence electrons. The highest BCUT2D eigenvalue weighted by molar-refractivity contribution is 5.97. The molecule has 3 aromatic rings. The van der Waals surface area contributed by atoms with Crippen molar-refractivity contribution in [1.82, 2.24) is 15.1 Å². The normalized spacial score (nSPS) is 10.4. The quantitative estimate of drug-likeness (QED) is 0.353. The summed E-state index contributed by atoms with van der Waals surface area (Å²) in [7, 11) is 0. The number of para-hydroxylation sites is 1. The highest BCUT2D eigenvalue weighted by atomic mass is 16.6. The molecule has 0 aliphatic rings. The van der Waals surface area contributed by atoms with Gasteiger partial charge in [-0.3, -0.25) is 10.1 Å². The maximum absolute atomic E-state index is 12.1. The molecule has 2 heterocycles. The molecule has 2 aromatic heterocycles. The molecule has 11 nitrogen and oxygen atoms in total. The van der Waals surface area contributed by atoms with Gasteiger partial charge in [0.25, 0.3) is 0 Å². The first kappa shape index (κ1) is 18.8. The average molecular weight is 384 g/mol. The van der Waals surface area contributed by atoms with Crippen molar-refractivity contribution in [2.24, 2.45) is 0 Å². The number of carbonyl (C=O) groups is 1. The van der Waals surface area contributed by atoms with Crippen molar-refractivity contribution in [3.8, 4) is 0 Å². The summed E-state index contributed by atoms with van der Waals surface area (Å²) in [5, 5.41) is 20.9. The lowest BCUT2D eigenvalue weighted by Crippen LogP contribution is -2.10. The molecular formula is C17H16N6O5. The van der Waals surface area contributed by atoms with Crippen LogP contribution in [0.25, 0.3) is 0 Å². The van der Waals surface area contributed by atoms with Crippen molar-refractivity contribution in [2.75, 3.05) is 17.2 Å². The number of rotatable bonds is 7. The molecular weight excluding hydrogens is 368 g/mol. The monoisotopic (exact) mass is 384 g/mol. The molecule has 0 saturated heterocycles. The summed E-state index contributed by atoms with van der Waals surface area (Å²) in [5.41, 5.74) is 0.117. The Kier molecular flexibility index (Phi) is 5.44. The van der Waals surface area contributed by atoms with E-state index in [2.05, 4.69) is 25.8 Å². The molecule has 0 spiro atoms. The van der Waals surface area contributed by atoms with Gasteiger partial charge in [-0.15, -0.1) is 0 Å². The van der Waals surface area contributed by atoms with E-state index in [1.165, 1.54) is 0 Å². The van der Waals surface area contributed by atoms with Gasteiger partial charge in [0.1, 0.15) is 12.1 Å². The molecule has 0 radical (unpaired) electrons. The van der Waals surface area contributed by atoms with Crippen LogP contribution in [0.3, 0.4) is 0 Å².